The molecule has 7 rings (SSSR count). The molecule has 0 amide bonds. The van der Waals surface area contributed by atoms with E-state index in [9.17, 15) is 4.39 Å². The summed E-state index contributed by atoms with van der Waals surface area (Å²) in [6, 6.07) is 10.0. The summed E-state index contributed by atoms with van der Waals surface area (Å²) >= 11 is 0. The zero-order valence-corrected chi connectivity index (χ0v) is 18.2. The third-order valence-corrected chi connectivity index (χ3v) is 8.14. The Morgan fingerprint density at radius 1 is 1.00 bits per heavy atom. The van der Waals surface area contributed by atoms with Crippen molar-refractivity contribution in [3.63, 3.8) is 0 Å². The molecule has 2 aliphatic heterocycles. The number of benzene rings is 1. The molecule has 4 heterocycles. The van der Waals surface area contributed by atoms with Crippen molar-refractivity contribution in [2.24, 2.45) is 17.8 Å². The van der Waals surface area contributed by atoms with Crippen molar-refractivity contribution in [3.05, 3.63) is 59.9 Å². The summed E-state index contributed by atoms with van der Waals surface area (Å²) < 4.78 is 16.0. The molecule has 2 aliphatic carbocycles. The van der Waals surface area contributed by atoms with Crippen molar-refractivity contribution in [2.75, 3.05) is 29.4 Å². The van der Waals surface area contributed by atoms with Gasteiger partial charge in [-0.15, -0.1) is 10.2 Å². The standard InChI is InChI=1S/C25H27FN6/c1-15-12-31(14-27-15)24-5-4-23(28-29-24)30-8-6-17(7-9-30)32-13-21(25-19-11-20(19)25)18-3-2-16(26)10-22(18)32/h2-5,10,12,14,17,19-21,25H,6-9,11,13H2,1H3. The number of imidazole rings is 1. The highest BCUT2D eigenvalue weighted by molar-refractivity contribution is 5.62. The number of aryl methyl sites for hydroxylation is 1. The molecule has 4 aliphatic rings. The maximum atomic E-state index is 14.1. The fraction of sp³-hybridized carbons (Fsp3) is 0.480. The third kappa shape index (κ3) is 2.93. The highest BCUT2D eigenvalue weighted by Gasteiger charge is 2.67. The molecule has 3 unspecified atom stereocenters. The molecule has 3 fully saturated rings. The number of halogens is 1. The molecule has 7 heteroatoms. The van der Waals surface area contributed by atoms with Gasteiger partial charge in [0.2, 0.25) is 0 Å². The lowest BCUT2D eigenvalue weighted by molar-refractivity contribution is 0.438. The summed E-state index contributed by atoms with van der Waals surface area (Å²) in [6.07, 6.45) is 7.26. The fourth-order valence-electron chi connectivity index (χ4n) is 6.17. The predicted octanol–water partition coefficient (Wildman–Crippen LogP) is 3.95. The molecule has 3 atom stereocenters. The molecule has 0 N–H and O–H groups in total. The maximum Gasteiger partial charge on any atom is 0.160 e. The van der Waals surface area contributed by atoms with Gasteiger partial charge in [-0.2, -0.15) is 0 Å². The summed E-state index contributed by atoms with van der Waals surface area (Å²) in [5, 5.41) is 8.88. The molecule has 164 valence electrons. The van der Waals surface area contributed by atoms with Gasteiger partial charge in [0.05, 0.1) is 5.69 Å². The van der Waals surface area contributed by atoms with Crippen molar-refractivity contribution in [1.29, 1.82) is 0 Å². The molecule has 0 bridgehead atoms. The van der Waals surface area contributed by atoms with Gasteiger partial charge in [0.15, 0.2) is 11.6 Å². The van der Waals surface area contributed by atoms with Gasteiger partial charge < -0.3 is 9.80 Å². The zero-order valence-electron chi connectivity index (χ0n) is 18.2. The van der Waals surface area contributed by atoms with E-state index in [0.29, 0.717) is 12.0 Å². The second kappa shape index (κ2) is 6.77. The average molecular weight is 431 g/mol. The van der Waals surface area contributed by atoms with Crippen LogP contribution in [-0.2, 0) is 0 Å². The smallest absolute Gasteiger partial charge is 0.160 e. The van der Waals surface area contributed by atoms with E-state index in [0.717, 1.165) is 73.2 Å². The number of rotatable bonds is 4. The molecular weight excluding hydrogens is 403 g/mol. The van der Waals surface area contributed by atoms with Crippen LogP contribution < -0.4 is 9.80 Å². The Labute approximate surface area is 187 Å². The first-order valence-electron chi connectivity index (χ1n) is 11.8. The van der Waals surface area contributed by atoms with Gasteiger partial charge in [0.25, 0.3) is 0 Å². The van der Waals surface area contributed by atoms with Gasteiger partial charge in [-0.3, -0.25) is 4.57 Å². The second-order valence-electron chi connectivity index (χ2n) is 9.99. The van der Waals surface area contributed by atoms with Crippen molar-refractivity contribution >= 4 is 11.5 Å². The Kier molecular flexibility index (Phi) is 3.93. The minimum atomic E-state index is -0.115. The lowest BCUT2D eigenvalue weighted by atomic mass is 9.91. The topological polar surface area (TPSA) is 50.1 Å². The first kappa shape index (κ1) is 18.6. The minimum Gasteiger partial charge on any atom is -0.367 e. The molecule has 0 spiro atoms. The molecule has 2 saturated carbocycles. The summed E-state index contributed by atoms with van der Waals surface area (Å²) in [4.78, 5) is 9.10. The van der Waals surface area contributed by atoms with Crippen LogP contribution in [0.1, 0.15) is 36.4 Å². The molecule has 2 aromatic heterocycles. The number of piperidine rings is 1. The molecule has 1 aromatic carbocycles. The van der Waals surface area contributed by atoms with Gasteiger partial charge in [-0.25, -0.2) is 9.37 Å². The van der Waals surface area contributed by atoms with Crippen LogP contribution in [0.2, 0.25) is 0 Å². The number of hydrogen-bond acceptors (Lipinski definition) is 5. The van der Waals surface area contributed by atoms with Crippen molar-refractivity contribution in [1.82, 2.24) is 19.7 Å². The van der Waals surface area contributed by atoms with Crippen LogP contribution in [0.25, 0.3) is 5.82 Å². The van der Waals surface area contributed by atoms with Gasteiger partial charge in [0, 0.05) is 43.5 Å². The SMILES string of the molecule is Cc1cn(-c2ccc(N3CCC(N4CC(C5C6CC65)c5ccc(F)cc54)CC3)nn2)cn1. The number of nitrogens with zero attached hydrogens (tertiary/aromatic N) is 6. The van der Waals surface area contributed by atoms with Gasteiger partial charge in [0.1, 0.15) is 12.1 Å². The van der Waals surface area contributed by atoms with Crippen molar-refractivity contribution in [3.8, 4) is 5.82 Å². The second-order valence-corrected chi connectivity index (χ2v) is 9.99. The van der Waals surface area contributed by atoms with Crippen molar-refractivity contribution < 1.29 is 4.39 Å². The third-order valence-electron chi connectivity index (χ3n) is 8.14. The lowest BCUT2D eigenvalue weighted by Gasteiger charge is -2.38. The van der Waals surface area contributed by atoms with Crippen LogP contribution in [0, 0.1) is 30.5 Å². The van der Waals surface area contributed by atoms with E-state index in [-0.39, 0.29) is 5.82 Å². The van der Waals surface area contributed by atoms with Gasteiger partial charge in [-0.1, -0.05) is 6.07 Å². The van der Waals surface area contributed by atoms with Crippen LogP contribution >= 0.6 is 0 Å². The van der Waals surface area contributed by atoms with Gasteiger partial charge in [-0.05, 0) is 73.8 Å². The van der Waals surface area contributed by atoms with E-state index in [4.69, 9.17) is 0 Å². The Hall–Kier alpha value is -2.96. The lowest BCUT2D eigenvalue weighted by Crippen LogP contribution is -2.45. The van der Waals surface area contributed by atoms with Crippen LogP contribution in [0.3, 0.4) is 0 Å². The summed E-state index contributed by atoms with van der Waals surface area (Å²) in [5.74, 6) is 4.99. The van der Waals surface area contributed by atoms with E-state index in [1.165, 1.54) is 12.0 Å². The zero-order chi connectivity index (χ0) is 21.4. The number of anilines is 2. The normalized spacial score (nSPS) is 28.6. The van der Waals surface area contributed by atoms with Crippen molar-refractivity contribution in [2.45, 2.75) is 38.1 Å². The largest absolute Gasteiger partial charge is 0.367 e. The van der Waals surface area contributed by atoms with Crippen LogP contribution in [0.5, 0.6) is 0 Å². The Bertz CT molecular complexity index is 1160. The van der Waals surface area contributed by atoms with Crippen LogP contribution in [-0.4, -0.2) is 45.4 Å². The first-order valence-corrected chi connectivity index (χ1v) is 11.8. The Morgan fingerprint density at radius 3 is 2.44 bits per heavy atom. The Morgan fingerprint density at radius 2 is 1.78 bits per heavy atom. The molecule has 32 heavy (non-hydrogen) atoms. The fourth-order valence-corrected chi connectivity index (χ4v) is 6.17. The maximum absolute atomic E-state index is 14.1. The minimum absolute atomic E-state index is 0.115. The predicted molar refractivity (Wildman–Crippen MR) is 121 cm³/mol. The molecule has 3 aromatic rings. The monoisotopic (exact) mass is 430 g/mol. The number of hydrogen-bond donors (Lipinski definition) is 0. The molecule has 1 saturated heterocycles. The van der Waals surface area contributed by atoms with E-state index >= 15 is 0 Å². The quantitative estimate of drug-likeness (QED) is 0.627. The molecular formula is C25H27FN6. The van der Waals surface area contributed by atoms with E-state index < -0.39 is 0 Å². The van der Waals surface area contributed by atoms with Crippen LogP contribution in [0.4, 0.5) is 15.9 Å². The number of aromatic nitrogens is 4. The summed E-state index contributed by atoms with van der Waals surface area (Å²) in [5.41, 5.74) is 3.50. The average Bonchev–Trinajstić information content (AvgIpc) is 3.65. The summed E-state index contributed by atoms with van der Waals surface area (Å²) in [7, 11) is 0. The summed E-state index contributed by atoms with van der Waals surface area (Å²) in [6.45, 7) is 4.93. The van der Waals surface area contributed by atoms with Gasteiger partial charge >= 0.3 is 0 Å². The Balaban J connectivity index is 1.05. The van der Waals surface area contributed by atoms with Crippen LogP contribution in [0.15, 0.2) is 42.9 Å². The molecule has 6 nitrogen and oxygen atoms in total. The van der Waals surface area contributed by atoms with E-state index in [2.05, 4.69) is 31.0 Å². The van der Waals surface area contributed by atoms with E-state index in [1.807, 2.05) is 29.8 Å². The number of fused-ring (bicyclic) bond motifs is 2. The highest BCUT2D eigenvalue weighted by atomic mass is 19.1. The first-order chi connectivity index (χ1) is 15.7. The highest BCUT2D eigenvalue weighted by Crippen LogP contribution is 2.73. The molecule has 0 radical (unpaired) electrons. The van der Waals surface area contributed by atoms with E-state index in [1.54, 1.807) is 18.5 Å².